The Morgan fingerprint density at radius 3 is 1.60 bits per heavy atom. The van der Waals surface area contributed by atoms with Crippen molar-refractivity contribution in [2.24, 2.45) is 21.8 Å². The Morgan fingerprint density at radius 1 is 0.840 bits per heavy atom. The molecule has 0 aromatic rings. The predicted octanol–water partition coefficient (Wildman–Crippen LogP) is 4.14. The second-order valence-corrected chi connectivity index (χ2v) is 7.33. The van der Waals surface area contributed by atoms with Gasteiger partial charge in [-0.3, -0.25) is 9.98 Å². The number of esters is 2. The summed E-state index contributed by atoms with van der Waals surface area (Å²) >= 11 is 0. The molecule has 0 saturated heterocycles. The smallest absolute Gasteiger partial charge is 0.338 e. The van der Waals surface area contributed by atoms with Crippen LogP contribution in [-0.4, -0.2) is 36.5 Å². The molecule has 0 aliphatic carbocycles. The van der Waals surface area contributed by atoms with Gasteiger partial charge >= 0.3 is 11.9 Å². The molecule has 0 bridgehead atoms. The summed E-state index contributed by atoms with van der Waals surface area (Å²) in [6.07, 6.45) is 13.9. The van der Waals surface area contributed by atoms with Crippen LogP contribution >= 0.6 is 0 Å². The van der Waals surface area contributed by atoms with E-state index < -0.39 is 24.0 Å². The highest BCUT2D eigenvalue weighted by Crippen LogP contribution is 2.23. The first kappa shape index (κ1) is 19.8. The highest BCUT2D eigenvalue weighted by Gasteiger charge is 2.30. The van der Waals surface area contributed by atoms with Gasteiger partial charge in [0, 0.05) is 12.4 Å². The fourth-order valence-electron chi connectivity index (χ4n) is 3.46. The highest BCUT2D eigenvalue weighted by molar-refractivity contribution is 5.92. The van der Waals surface area contributed by atoms with Crippen molar-refractivity contribution >= 4 is 24.4 Å². The Bertz CT molecular complexity index is 457. The van der Waals surface area contributed by atoms with E-state index in [9.17, 15) is 9.59 Å². The van der Waals surface area contributed by atoms with E-state index in [1.807, 2.05) is 12.4 Å². The van der Waals surface area contributed by atoms with Gasteiger partial charge < -0.3 is 4.74 Å². The monoisotopic (exact) mass is 348 g/mol. The third kappa shape index (κ3) is 6.37. The molecule has 2 aliphatic heterocycles. The van der Waals surface area contributed by atoms with Crippen LogP contribution in [0.5, 0.6) is 0 Å². The van der Waals surface area contributed by atoms with Crippen molar-refractivity contribution < 1.29 is 14.3 Å². The number of ether oxygens (including phenoxy) is 1. The average molecular weight is 348 g/mol. The van der Waals surface area contributed by atoms with E-state index >= 15 is 0 Å². The molecule has 0 N–H and O–H groups in total. The van der Waals surface area contributed by atoms with Gasteiger partial charge in [-0.1, -0.05) is 39.5 Å². The summed E-state index contributed by atoms with van der Waals surface area (Å²) in [4.78, 5) is 33.0. The van der Waals surface area contributed by atoms with E-state index in [1.165, 1.54) is 25.7 Å². The first-order valence-corrected chi connectivity index (χ1v) is 9.96. The number of carbonyl (C=O) groups excluding carboxylic acids is 2. The van der Waals surface area contributed by atoms with Crippen molar-refractivity contribution in [1.82, 2.24) is 0 Å². The van der Waals surface area contributed by atoms with Crippen LogP contribution in [0, 0.1) is 11.8 Å². The van der Waals surface area contributed by atoms with Crippen molar-refractivity contribution in [3.63, 3.8) is 0 Å². The summed E-state index contributed by atoms with van der Waals surface area (Å²) in [6, 6.07) is -1.04. The lowest BCUT2D eigenvalue weighted by atomic mass is 9.92. The molecule has 140 valence electrons. The maximum Gasteiger partial charge on any atom is 0.338 e. The van der Waals surface area contributed by atoms with Crippen molar-refractivity contribution in [2.45, 2.75) is 90.1 Å². The summed E-state index contributed by atoms with van der Waals surface area (Å²) < 4.78 is 5.06. The van der Waals surface area contributed by atoms with E-state index in [0.29, 0.717) is 24.7 Å². The van der Waals surface area contributed by atoms with Crippen LogP contribution in [0.1, 0.15) is 78.1 Å². The normalized spacial score (nSPS) is 28.7. The molecule has 0 saturated carbocycles. The topological polar surface area (TPSA) is 68.1 Å². The van der Waals surface area contributed by atoms with Gasteiger partial charge in [0.15, 0.2) is 0 Å². The van der Waals surface area contributed by atoms with Crippen LogP contribution in [0.25, 0.3) is 0 Å². The van der Waals surface area contributed by atoms with E-state index in [0.717, 1.165) is 25.7 Å². The Balaban J connectivity index is 1.76. The van der Waals surface area contributed by atoms with Crippen molar-refractivity contribution in [1.29, 1.82) is 0 Å². The van der Waals surface area contributed by atoms with Gasteiger partial charge in [-0.05, 0) is 50.4 Å². The molecule has 0 aromatic carbocycles. The molecule has 5 nitrogen and oxygen atoms in total. The standard InChI is InChI=1S/C20H32N2O3/c1-3-5-7-15-9-11-17(21-13-15)19(23)25-20(24)18-12-10-16(14-22-18)8-6-4-2/h13-18H,3-12H2,1-2H3. The molecular formula is C20H32N2O3. The molecule has 0 radical (unpaired) electrons. The largest absolute Gasteiger partial charge is 0.390 e. The Hall–Kier alpha value is -1.52. The van der Waals surface area contributed by atoms with Gasteiger partial charge in [0.05, 0.1) is 0 Å². The predicted molar refractivity (Wildman–Crippen MR) is 100 cm³/mol. The molecule has 5 heteroatoms. The molecule has 0 fully saturated rings. The van der Waals surface area contributed by atoms with Crippen LogP contribution in [-0.2, 0) is 14.3 Å². The maximum absolute atomic E-state index is 12.2. The molecule has 2 heterocycles. The maximum atomic E-state index is 12.2. The number of nitrogens with zero attached hydrogens (tertiary/aromatic N) is 2. The minimum Gasteiger partial charge on any atom is -0.390 e. The van der Waals surface area contributed by atoms with Crippen molar-refractivity contribution in [2.75, 3.05) is 0 Å². The Kier molecular flexibility index (Phi) is 8.29. The zero-order chi connectivity index (χ0) is 18.1. The molecule has 2 aliphatic rings. The lowest BCUT2D eigenvalue weighted by Gasteiger charge is -2.23. The first-order chi connectivity index (χ1) is 12.1. The highest BCUT2D eigenvalue weighted by atomic mass is 16.6. The van der Waals surface area contributed by atoms with Gasteiger partial charge in [-0.25, -0.2) is 9.59 Å². The van der Waals surface area contributed by atoms with Crippen LogP contribution in [0.15, 0.2) is 9.98 Å². The lowest BCUT2D eigenvalue weighted by Crippen LogP contribution is -2.33. The van der Waals surface area contributed by atoms with E-state index in [-0.39, 0.29) is 0 Å². The fourth-order valence-corrected chi connectivity index (χ4v) is 3.46. The van der Waals surface area contributed by atoms with Gasteiger partial charge in [0.25, 0.3) is 0 Å². The summed E-state index contributed by atoms with van der Waals surface area (Å²) in [5.74, 6) is -0.109. The van der Waals surface area contributed by atoms with Gasteiger partial charge in [-0.2, -0.15) is 0 Å². The Labute approximate surface area is 151 Å². The Morgan fingerprint density at radius 2 is 1.28 bits per heavy atom. The number of hydrogen-bond acceptors (Lipinski definition) is 5. The van der Waals surface area contributed by atoms with Crippen LogP contribution in [0.2, 0.25) is 0 Å². The SMILES string of the molecule is CCCCC1C=NC(C(=O)OC(=O)C2CCC(CCCC)C=N2)CC1. The molecule has 0 spiro atoms. The van der Waals surface area contributed by atoms with E-state index in [4.69, 9.17) is 4.74 Å². The number of unbranched alkanes of at least 4 members (excludes halogenated alkanes) is 2. The quantitative estimate of drug-likeness (QED) is 0.489. The zero-order valence-corrected chi connectivity index (χ0v) is 15.7. The average Bonchev–Trinajstić information content (AvgIpc) is 2.65. The van der Waals surface area contributed by atoms with Crippen molar-refractivity contribution in [3.05, 3.63) is 0 Å². The molecule has 4 atom stereocenters. The number of rotatable bonds is 8. The third-order valence-electron chi connectivity index (χ3n) is 5.18. The zero-order valence-electron chi connectivity index (χ0n) is 15.7. The first-order valence-electron chi connectivity index (χ1n) is 9.96. The summed E-state index contributed by atoms with van der Waals surface area (Å²) in [5.41, 5.74) is 0. The second-order valence-electron chi connectivity index (χ2n) is 7.33. The number of carbonyl (C=O) groups is 2. The minimum atomic E-state index is -0.522. The van der Waals surface area contributed by atoms with Gasteiger partial charge in [0.1, 0.15) is 12.1 Å². The summed E-state index contributed by atoms with van der Waals surface area (Å²) in [6.45, 7) is 4.34. The van der Waals surface area contributed by atoms with E-state index in [1.54, 1.807) is 0 Å². The molecule has 0 amide bonds. The molecule has 2 rings (SSSR count). The summed E-state index contributed by atoms with van der Waals surface area (Å²) in [7, 11) is 0. The number of aliphatic imine (C=N–C) groups is 2. The summed E-state index contributed by atoms with van der Waals surface area (Å²) in [5, 5.41) is 0. The van der Waals surface area contributed by atoms with Gasteiger partial charge in [0.2, 0.25) is 0 Å². The van der Waals surface area contributed by atoms with Crippen LogP contribution in [0.3, 0.4) is 0 Å². The van der Waals surface area contributed by atoms with Crippen molar-refractivity contribution in [3.8, 4) is 0 Å². The molecular weight excluding hydrogens is 316 g/mol. The van der Waals surface area contributed by atoms with Gasteiger partial charge in [-0.15, -0.1) is 0 Å². The number of hydrogen-bond donors (Lipinski definition) is 0. The molecule has 0 aromatic heterocycles. The second kappa shape index (κ2) is 10.5. The van der Waals surface area contributed by atoms with Crippen LogP contribution in [0.4, 0.5) is 0 Å². The third-order valence-corrected chi connectivity index (χ3v) is 5.18. The molecule has 25 heavy (non-hydrogen) atoms. The lowest BCUT2D eigenvalue weighted by molar-refractivity contribution is -0.161. The fraction of sp³-hybridized carbons (Fsp3) is 0.800. The molecule has 4 unspecified atom stereocenters. The minimum absolute atomic E-state index is 0.461. The van der Waals surface area contributed by atoms with E-state index in [2.05, 4.69) is 23.8 Å². The van der Waals surface area contributed by atoms with Crippen LogP contribution < -0.4 is 0 Å².